The van der Waals surface area contributed by atoms with Crippen LogP contribution >= 0.6 is 11.3 Å². The van der Waals surface area contributed by atoms with E-state index in [1.807, 2.05) is 11.4 Å². The molecule has 0 radical (unpaired) electrons. The van der Waals surface area contributed by atoms with Crippen LogP contribution < -0.4 is 5.32 Å². The molecule has 0 aromatic carbocycles. The second-order valence-electron chi connectivity index (χ2n) is 4.06. The van der Waals surface area contributed by atoms with E-state index < -0.39 is 0 Å². The highest BCUT2D eigenvalue weighted by molar-refractivity contribution is 7.12. The van der Waals surface area contributed by atoms with Crippen molar-refractivity contribution in [3.05, 3.63) is 21.9 Å². The quantitative estimate of drug-likeness (QED) is 0.814. The van der Waals surface area contributed by atoms with Crippen molar-refractivity contribution in [3.8, 4) is 0 Å². The van der Waals surface area contributed by atoms with Gasteiger partial charge in [0.2, 0.25) is 0 Å². The first kappa shape index (κ1) is 11.1. The molecule has 1 aliphatic carbocycles. The molecule has 0 bridgehead atoms. The van der Waals surface area contributed by atoms with Crippen LogP contribution in [0.5, 0.6) is 0 Å². The summed E-state index contributed by atoms with van der Waals surface area (Å²) in [6.45, 7) is 0. The van der Waals surface area contributed by atoms with Gasteiger partial charge in [0.25, 0.3) is 0 Å². The summed E-state index contributed by atoms with van der Waals surface area (Å²) in [5.74, 6) is 0.195. The standard InChI is InChI=1S/C11H14N2O2S/c1-13(2)11(15)12-8-3-4-9(14)10-7(8)5-6-16-10/h5-6,8H,3-4H2,1-2H3,(H,12,15). The summed E-state index contributed by atoms with van der Waals surface area (Å²) in [6, 6.07) is 1.79. The SMILES string of the molecule is CN(C)C(=O)NC1CCC(=O)c2sccc21. The second kappa shape index (κ2) is 4.25. The van der Waals surface area contributed by atoms with E-state index in [0.29, 0.717) is 12.8 Å². The first-order chi connectivity index (χ1) is 7.59. The lowest BCUT2D eigenvalue weighted by atomic mass is 9.93. The van der Waals surface area contributed by atoms with Gasteiger partial charge in [-0.2, -0.15) is 0 Å². The van der Waals surface area contributed by atoms with Crippen LogP contribution in [0.2, 0.25) is 0 Å². The number of fused-ring (bicyclic) bond motifs is 1. The molecule has 2 amide bonds. The second-order valence-corrected chi connectivity index (χ2v) is 4.98. The average Bonchev–Trinajstić information content (AvgIpc) is 2.71. The average molecular weight is 238 g/mol. The molecule has 5 heteroatoms. The number of urea groups is 1. The molecule has 16 heavy (non-hydrogen) atoms. The zero-order valence-electron chi connectivity index (χ0n) is 9.32. The van der Waals surface area contributed by atoms with Gasteiger partial charge in [-0.3, -0.25) is 4.79 Å². The number of thiophene rings is 1. The van der Waals surface area contributed by atoms with Crippen molar-refractivity contribution in [3.63, 3.8) is 0 Å². The highest BCUT2D eigenvalue weighted by Gasteiger charge is 2.27. The topological polar surface area (TPSA) is 49.4 Å². The Morgan fingerprint density at radius 3 is 3.00 bits per heavy atom. The van der Waals surface area contributed by atoms with Gasteiger partial charge in [-0.25, -0.2) is 4.79 Å². The third kappa shape index (κ3) is 1.95. The van der Waals surface area contributed by atoms with Crippen LogP contribution in [0.25, 0.3) is 0 Å². The van der Waals surface area contributed by atoms with Crippen LogP contribution in [0, 0.1) is 0 Å². The summed E-state index contributed by atoms with van der Waals surface area (Å²) in [7, 11) is 3.41. The number of rotatable bonds is 1. The molecule has 0 saturated heterocycles. The Hall–Kier alpha value is -1.36. The Kier molecular flexibility index (Phi) is 2.96. The molecule has 86 valence electrons. The molecule has 0 spiro atoms. The van der Waals surface area contributed by atoms with Gasteiger partial charge in [0.05, 0.1) is 10.9 Å². The van der Waals surface area contributed by atoms with Crippen LogP contribution in [0.3, 0.4) is 0 Å². The first-order valence-corrected chi connectivity index (χ1v) is 6.06. The van der Waals surface area contributed by atoms with E-state index in [-0.39, 0.29) is 17.9 Å². The largest absolute Gasteiger partial charge is 0.331 e. The lowest BCUT2D eigenvalue weighted by Gasteiger charge is -2.24. The lowest BCUT2D eigenvalue weighted by molar-refractivity contribution is 0.0968. The van der Waals surface area contributed by atoms with Crippen molar-refractivity contribution in [2.45, 2.75) is 18.9 Å². The maximum atomic E-state index is 11.6. The van der Waals surface area contributed by atoms with Crippen molar-refractivity contribution in [2.24, 2.45) is 0 Å². The number of hydrogen-bond acceptors (Lipinski definition) is 3. The third-order valence-corrected chi connectivity index (χ3v) is 3.66. The fourth-order valence-corrected chi connectivity index (χ4v) is 2.72. The van der Waals surface area contributed by atoms with Gasteiger partial charge in [-0.05, 0) is 23.4 Å². The molecule has 0 saturated carbocycles. The van der Waals surface area contributed by atoms with Crippen molar-refractivity contribution >= 4 is 23.2 Å². The first-order valence-electron chi connectivity index (χ1n) is 5.18. The van der Waals surface area contributed by atoms with Crippen LogP contribution in [0.1, 0.15) is 34.1 Å². The van der Waals surface area contributed by atoms with Gasteiger partial charge in [-0.15, -0.1) is 11.3 Å². The van der Waals surface area contributed by atoms with E-state index in [9.17, 15) is 9.59 Å². The zero-order chi connectivity index (χ0) is 11.7. The van der Waals surface area contributed by atoms with Crippen LogP contribution in [0.15, 0.2) is 11.4 Å². The van der Waals surface area contributed by atoms with Gasteiger partial charge in [-0.1, -0.05) is 0 Å². The molecular weight excluding hydrogens is 224 g/mol. The minimum Gasteiger partial charge on any atom is -0.331 e. The molecule has 4 nitrogen and oxygen atoms in total. The number of nitrogens with one attached hydrogen (secondary N) is 1. The Balaban J connectivity index is 2.18. The molecule has 1 heterocycles. The fraction of sp³-hybridized carbons (Fsp3) is 0.455. The third-order valence-electron chi connectivity index (χ3n) is 2.69. The summed E-state index contributed by atoms with van der Waals surface area (Å²) in [6.07, 6.45) is 1.22. The maximum absolute atomic E-state index is 11.6. The van der Waals surface area contributed by atoms with Crippen molar-refractivity contribution < 1.29 is 9.59 Å². The number of ketones is 1. The van der Waals surface area contributed by atoms with E-state index in [2.05, 4.69) is 5.32 Å². The fourth-order valence-electron chi connectivity index (χ4n) is 1.79. The Morgan fingerprint density at radius 1 is 1.56 bits per heavy atom. The molecular formula is C11H14N2O2S. The maximum Gasteiger partial charge on any atom is 0.317 e. The summed E-state index contributed by atoms with van der Waals surface area (Å²) in [4.78, 5) is 25.5. The summed E-state index contributed by atoms with van der Waals surface area (Å²) >= 11 is 1.46. The Bertz CT molecular complexity index is 425. The van der Waals surface area contributed by atoms with Crippen LogP contribution in [-0.2, 0) is 0 Å². The summed E-state index contributed by atoms with van der Waals surface area (Å²) in [5.41, 5.74) is 0.969. The minimum absolute atomic E-state index is 0.0196. The lowest BCUT2D eigenvalue weighted by Crippen LogP contribution is -2.38. The smallest absolute Gasteiger partial charge is 0.317 e. The molecule has 1 atom stereocenters. The van der Waals surface area contributed by atoms with E-state index in [1.54, 1.807) is 14.1 Å². The van der Waals surface area contributed by atoms with Gasteiger partial charge in [0, 0.05) is 20.5 Å². The molecule has 0 fully saturated rings. The van der Waals surface area contributed by atoms with E-state index in [1.165, 1.54) is 16.2 Å². The zero-order valence-corrected chi connectivity index (χ0v) is 10.1. The number of carbonyl (C=O) groups excluding carboxylic acids is 2. The number of amides is 2. The molecule has 1 aromatic rings. The van der Waals surface area contributed by atoms with Crippen LogP contribution in [0.4, 0.5) is 4.79 Å². The number of Topliss-reactive ketones (excluding diaryl/α,β-unsaturated/α-hetero) is 1. The van der Waals surface area contributed by atoms with E-state index >= 15 is 0 Å². The van der Waals surface area contributed by atoms with E-state index in [0.717, 1.165) is 10.4 Å². The predicted octanol–water partition coefficient (Wildman–Crippen LogP) is 2.04. The molecule has 1 N–H and O–H groups in total. The highest BCUT2D eigenvalue weighted by Crippen LogP contribution is 2.33. The molecule has 1 unspecified atom stereocenters. The van der Waals surface area contributed by atoms with Gasteiger partial charge in [0.15, 0.2) is 5.78 Å². The summed E-state index contributed by atoms with van der Waals surface area (Å²) in [5, 5.41) is 4.83. The molecule has 2 rings (SSSR count). The van der Waals surface area contributed by atoms with Gasteiger partial charge in [0.1, 0.15) is 0 Å². The predicted molar refractivity (Wildman–Crippen MR) is 62.8 cm³/mol. The summed E-state index contributed by atoms with van der Waals surface area (Å²) < 4.78 is 0. The monoisotopic (exact) mass is 238 g/mol. The highest BCUT2D eigenvalue weighted by atomic mass is 32.1. The van der Waals surface area contributed by atoms with Gasteiger partial charge < -0.3 is 10.2 Å². The number of carbonyl (C=O) groups is 2. The van der Waals surface area contributed by atoms with Crippen molar-refractivity contribution in [1.29, 1.82) is 0 Å². The molecule has 1 aromatic heterocycles. The van der Waals surface area contributed by atoms with Crippen molar-refractivity contribution in [1.82, 2.24) is 10.2 Å². The normalized spacial score (nSPS) is 19.1. The van der Waals surface area contributed by atoms with Gasteiger partial charge >= 0.3 is 6.03 Å². The van der Waals surface area contributed by atoms with Crippen molar-refractivity contribution in [2.75, 3.05) is 14.1 Å². The number of hydrogen-bond donors (Lipinski definition) is 1. The Labute approximate surface area is 98.3 Å². The minimum atomic E-state index is -0.114. The number of nitrogens with zero attached hydrogens (tertiary/aromatic N) is 1. The molecule has 1 aliphatic rings. The van der Waals surface area contributed by atoms with Crippen LogP contribution in [-0.4, -0.2) is 30.8 Å². The van der Waals surface area contributed by atoms with E-state index in [4.69, 9.17) is 0 Å². The molecule has 0 aliphatic heterocycles. The Morgan fingerprint density at radius 2 is 2.31 bits per heavy atom.